The number of hydrogen-bond acceptors (Lipinski definition) is 21. The Morgan fingerprint density at radius 2 is 1.29 bits per heavy atom. The van der Waals surface area contributed by atoms with E-state index in [1.165, 1.54) is 38.4 Å². The van der Waals surface area contributed by atoms with Crippen LogP contribution in [0.4, 0.5) is 4.39 Å². The topological polar surface area (TPSA) is 571 Å². The van der Waals surface area contributed by atoms with Crippen LogP contribution < -0.4 is 75.2 Å². The highest BCUT2D eigenvalue weighted by Crippen LogP contribution is 2.29. The van der Waals surface area contributed by atoms with E-state index in [1.54, 1.807) is 30.5 Å². The van der Waals surface area contributed by atoms with E-state index in [9.17, 15) is 78.0 Å². The number of unbranched alkanes of at least 4 members (excludes halogenated alkanes) is 1. The second kappa shape index (κ2) is 43.5. The molecule has 0 aliphatic rings. The fourth-order valence-electron chi connectivity index (χ4n) is 11.7. The maximum absolute atomic E-state index is 15.5. The molecule has 0 fully saturated rings. The molecule has 602 valence electrons. The second-order valence-electron chi connectivity index (χ2n) is 27.6. The number of aliphatic hydroxyl groups is 3. The van der Waals surface area contributed by atoms with Crippen LogP contribution in [0, 0.1) is 30.6 Å². The fraction of sp³-hybridized carbons (Fsp3) is 0.467. The van der Waals surface area contributed by atoms with Gasteiger partial charge in [-0.25, -0.2) is 14.9 Å². The minimum atomic E-state index is -2.42. The number of hydrazone groups is 1. The molecule has 0 aliphatic heterocycles. The molecule has 111 heavy (non-hydrogen) atoms. The number of amidine groups is 1. The van der Waals surface area contributed by atoms with Gasteiger partial charge in [0.25, 0.3) is 0 Å². The van der Waals surface area contributed by atoms with E-state index in [0.29, 0.717) is 55.8 Å². The van der Waals surface area contributed by atoms with Crippen LogP contribution in [0.3, 0.4) is 0 Å². The molecule has 0 radical (unpaired) electrons. The maximum Gasteiger partial charge on any atom is 0.305 e. The molecule has 0 spiro atoms. The van der Waals surface area contributed by atoms with E-state index in [1.807, 2.05) is 57.2 Å². The number of rotatable bonds is 45. The van der Waals surface area contributed by atoms with Crippen molar-refractivity contribution in [3.05, 3.63) is 142 Å². The molecule has 0 saturated carbocycles. The number of hydrogen-bond donors (Lipinski definition) is 19. The quantitative estimate of drug-likeness (QED) is 0.00444. The number of carbonyl (C=O) groups is 12. The first-order valence-corrected chi connectivity index (χ1v) is 36.0. The van der Waals surface area contributed by atoms with Crippen molar-refractivity contribution in [3.63, 3.8) is 0 Å². The molecule has 4 aromatic carbocycles. The summed E-state index contributed by atoms with van der Waals surface area (Å²) in [4.78, 5) is 173. The lowest BCUT2D eigenvalue weighted by molar-refractivity contribution is -0.143. The number of ether oxygens (including phenoxy) is 1. The molecule has 0 unspecified atom stereocenters. The normalized spacial score (nSPS) is 14.4. The van der Waals surface area contributed by atoms with E-state index >= 15 is 4.39 Å². The Morgan fingerprint density at radius 3 is 1.88 bits per heavy atom. The summed E-state index contributed by atoms with van der Waals surface area (Å²) >= 11 is 0. The first-order chi connectivity index (χ1) is 52.6. The van der Waals surface area contributed by atoms with E-state index in [2.05, 4.69) is 73.4 Å². The predicted octanol–water partition coefficient (Wildman–Crippen LogP) is -0.502. The van der Waals surface area contributed by atoms with Gasteiger partial charge in [0.05, 0.1) is 44.7 Å². The molecule has 5 aromatic rings. The Hall–Kier alpha value is -11.6. The summed E-state index contributed by atoms with van der Waals surface area (Å²) in [6.07, 6.45) is 0.00464. The van der Waals surface area contributed by atoms with E-state index < -0.39 is 180 Å². The monoisotopic (exact) mass is 1550 g/mol. The van der Waals surface area contributed by atoms with Gasteiger partial charge in [-0.3, -0.25) is 57.5 Å². The number of aromatic amines is 1. The van der Waals surface area contributed by atoms with Crippen molar-refractivity contribution in [1.29, 1.82) is 5.53 Å². The Labute approximate surface area is 641 Å². The maximum atomic E-state index is 15.5. The number of aryl methyl sites for hydroxylation is 4. The van der Waals surface area contributed by atoms with Gasteiger partial charge in [0.1, 0.15) is 64.8 Å². The van der Waals surface area contributed by atoms with Gasteiger partial charge >= 0.3 is 5.97 Å². The smallest absolute Gasteiger partial charge is 0.305 e. The number of carbonyl (C=O) groups excluding carboxylic acids is 11. The fourth-order valence-corrected chi connectivity index (χ4v) is 11.7. The average molecular weight is 1550 g/mol. The van der Waals surface area contributed by atoms with Crippen LogP contribution in [-0.2, 0) is 89.6 Å². The minimum Gasteiger partial charge on any atom is -0.494 e. The third kappa shape index (κ3) is 28.1. The van der Waals surface area contributed by atoms with Crippen LogP contribution in [0.1, 0.15) is 119 Å². The summed E-state index contributed by atoms with van der Waals surface area (Å²) in [7, 11) is 0. The number of imidazole rings is 1. The number of halogens is 1. The Morgan fingerprint density at radius 1 is 0.667 bits per heavy atom. The van der Waals surface area contributed by atoms with E-state index in [0.717, 1.165) is 73.1 Å². The van der Waals surface area contributed by atoms with Gasteiger partial charge in [-0.05, 0) is 145 Å². The highest BCUT2D eigenvalue weighted by molar-refractivity contribution is 6.06. The Bertz CT molecular complexity index is 4080. The van der Waals surface area contributed by atoms with Crippen molar-refractivity contribution in [1.82, 2.24) is 63.1 Å². The van der Waals surface area contributed by atoms with Gasteiger partial charge in [-0.1, -0.05) is 84.8 Å². The van der Waals surface area contributed by atoms with Crippen LogP contribution in [-0.4, -0.2) is 200 Å². The van der Waals surface area contributed by atoms with Crippen molar-refractivity contribution in [2.75, 3.05) is 32.8 Å². The zero-order valence-corrected chi connectivity index (χ0v) is 63.3. The third-order valence-electron chi connectivity index (χ3n) is 18.0. The molecule has 11 amide bonds. The van der Waals surface area contributed by atoms with Gasteiger partial charge in [-0.15, -0.1) is 5.11 Å². The number of nitrogens with one attached hydrogen (secondary N) is 12. The summed E-state index contributed by atoms with van der Waals surface area (Å²) in [5.74, 6) is -9.57. The van der Waals surface area contributed by atoms with Crippen LogP contribution in [0.15, 0.2) is 108 Å². The average Bonchev–Trinajstić information content (AvgIpc) is 1.48. The van der Waals surface area contributed by atoms with Gasteiger partial charge in [0, 0.05) is 44.1 Å². The lowest BCUT2D eigenvalue weighted by Crippen LogP contribution is -2.67. The number of aromatic nitrogens is 2. The summed E-state index contributed by atoms with van der Waals surface area (Å²) in [5, 5.41) is 72.6. The first-order valence-electron chi connectivity index (χ1n) is 36.0. The molecule has 22 N–H and O–H groups in total. The van der Waals surface area contributed by atoms with Crippen molar-refractivity contribution in [3.8, 4) is 16.9 Å². The summed E-state index contributed by atoms with van der Waals surface area (Å²) in [6, 6.07) is 10.8. The zero-order chi connectivity index (χ0) is 82.3. The highest BCUT2D eigenvalue weighted by atomic mass is 19.1. The van der Waals surface area contributed by atoms with Crippen LogP contribution >= 0.6 is 0 Å². The zero-order valence-electron chi connectivity index (χ0n) is 63.3. The largest absolute Gasteiger partial charge is 0.494 e. The van der Waals surface area contributed by atoms with Crippen LogP contribution in [0.2, 0.25) is 0 Å². The molecule has 10 atom stereocenters. The molecule has 5 rings (SSSR count). The van der Waals surface area contributed by atoms with E-state index in [-0.39, 0.29) is 24.9 Å². The molecule has 1 aromatic heterocycles. The van der Waals surface area contributed by atoms with Gasteiger partial charge in [0.15, 0.2) is 5.84 Å². The van der Waals surface area contributed by atoms with Crippen molar-refractivity contribution < 1.29 is 87.1 Å². The highest BCUT2D eigenvalue weighted by Gasteiger charge is 2.43. The molecule has 0 bridgehead atoms. The molecule has 35 nitrogen and oxygen atoms in total. The summed E-state index contributed by atoms with van der Waals surface area (Å²) < 4.78 is 21.5. The SMILES string of the molecule is CCc1cc(OCCCCN)ccc1-c1ccc(C[C@H](NC(=O)[C@H](CC(=O)O)NC(=O)[C@H](CO)NC(=O)[C@@H](NC(=O)[C@](C)(Cc2ccccc2F)NC(=O)[C@@H](NC(=O)CNC(=O)[C@H](C/C(N=N)=N/N)NC(=O)C(C)(C)C(=O)NCCc2cnc[nH]2)[C@@H](C)O)[C@@H](C)O)C(=O)N[C@@H](CCCc2cc(C)cc(C)c2)C(N)=O)cc1. The van der Waals surface area contributed by atoms with Crippen molar-refractivity contribution >= 4 is 76.8 Å². The lowest BCUT2D eigenvalue weighted by Gasteiger charge is -2.34. The molecule has 1 heterocycles. The number of carboxylic acid groups (broad SMARTS) is 1. The van der Waals surface area contributed by atoms with Crippen LogP contribution in [0.5, 0.6) is 5.75 Å². The molecular formula is C75H103FN18O17. The van der Waals surface area contributed by atoms with Gasteiger partial charge < -0.3 is 101 Å². The Kier molecular flexibility index (Phi) is 35.3. The summed E-state index contributed by atoms with van der Waals surface area (Å²) in [5.41, 5.74) is 21.3. The number of carboxylic acids is 1. The van der Waals surface area contributed by atoms with Crippen LogP contribution in [0.25, 0.3) is 11.1 Å². The number of primary amides is 1. The Balaban J connectivity index is 1.34. The molecular weight excluding hydrogens is 1440 g/mol. The standard InChI is InChI=1S/C75H103FN18O17/c1-9-47-33-51(111-28-13-12-26-77)23-24-52(47)48-21-19-45(20-22-48)32-55(66(103)85-54(64(78)101)18-14-15-46-30-41(2)29-42(3)31-46)86-67(104)57(35-61(99)100)87-68(105)58(39-95)88-69(106)62(43(4)96)91-73(110)75(8,36-49-16-10-11-17-53(49)76)92-70(107)63(44(5)97)90-60(98)38-83-65(102)56(34-59(93-79)94-80)89-72(109)74(6,7)71(108)82-27-25-50-37-81-40-84-50/h10-11,16-17,19-24,29-31,33,37,40,43-44,54-58,62-63,79,95-97H,9,12-15,18,25-28,32,34-36,38-39,77,80H2,1-8H3,(H2,78,101)(H,81,84)(H,82,108)(H,83,102)(H,85,103)(H,86,104)(H,87,105)(H,88,106)(H,89,109)(H,90,98)(H,91,110)(H,92,107)(H,99,100)/b93-79?,94-59-/t43-,44-,54+,55+,56+,57+,58+,62+,63+,75+/m1/s1. The van der Waals surface area contributed by atoms with Crippen molar-refractivity contribution in [2.45, 2.75) is 186 Å². The number of aliphatic carboxylic acids is 1. The molecule has 36 heteroatoms. The number of benzene rings is 4. The number of H-pyrrole nitrogens is 1. The first kappa shape index (κ1) is 90.0. The van der Waals surface area contributed by atoms with Gasteiger partial charge in [-0.2, -0.15) is 5.10 Å². The second-order valence-corrected chi connectivity index (χ2v) is 27.6. The van der Waals surface area contributed by atoms with E-state index in [4.69, 9.17) is 27.6 Å². The predicted molar refractivity (Wildman–Crippen MR) is 403 cm³/mol. The molecule has 0 aliphatic carbocycles. The van der Waals surface area contributed by atoms with Crippen molar-refractivity contribution in [2.24, 2.45) is 32.9 Å². The lowest BCUT2D eigenvalue weighted by atomic mass is 9.90. The van der Waals surface area contributed by atoms with Gasteiger partial charge in [0.2, 0.25) is 65.0 Å². The number of aliphatic hydroxyl groups excluding tert-OH is 3. The third-order valence-corrected chi connectivity index (χ3v) is 18.0. The number of amides is 11. The molecule has 0 saturated heterocycles. The number of nitrogens with two attached hydrogens (primary N) is 3. The number of nitrogens with zero attached hydrogens (tertiary/aromatic N) is 3. The minimum absolute atomic E-state index is 0.0731. The summed E-state index contributed by atoms with van der Waals surface area (Å²) in [6.45, 7) is 10.4.